The molecule has 10 nitrogen and oxygen atoms in total. The molecule has 0 fully saturated rings. The Kier molecular flexibility index (Phi) is 4.74. The Balaban J connectivity index is 1.41. The molecule has 0 atom stereocenters. The zero-order valence-electron chi connectivity index (χ0n) is 16.5. The number of nitro groups is 1. The van der Waals surface area contributed by atoms with Gasteiger partial charge in [0.05, 0.1) is 27.4 Å². The van der Waals surface area contributed by atoms with E-state index in [2.05, 4.69) is 10.4 Å². The van der Waals surface area contributed by atoms with Gasteiger partial charge in [0.1, 0.15) is 12.4 Å². The van der Waals surface area contributed by atoms with Crippen molar-refractivity contribution in [2.45, 2.75) is 11.5 Å². The van der Waals surface area contributed by atoms with E-state index >= 15 is 0 Å². The Hall–Kier alpha value is -3.99. The number of nitrogens with one attached hydrogen (secondary N) is 1. The number of non-ortho nitro benzene ring substituents is 1. The summed E-state index contributed by atoms with van der Waals surface area (Å²) in [7, 11) is 0. The number of fused-ring (bicyclic) bond motifs is 2. The van der Waals surface area contributed by atoms with Gasteiger partial charge in [0.25, 0.3) is 17.5 Å². The summed E-state index contributed by atoms with van der Waals surface area (Å²) < 4.78 is 1.52. The maximum absolute atomic E-state index is 12.8. The van der Waals surface area contributed by atoms with Crippen molar-refractivity contribution in [2.75, 3.05) is 11.9 Å². The quantitative estimate of drug-likeness (QED) is 0.360. The maximum atomic E-state index is 12.8. The average Bonchev–Trinajstić information content (AvgIpc) is 3.45. The molecule has 0 bridgehead atoms. The Labute approximate surface area is 185 Å². The number of carbonyl (C=O) groups is 3. The molecule has 2 aliphatic rings. The maximum Gasteiger partial charge on any atom is 0.269 e. The molecule has 0 saturated heterocycles. The van der Waals surface area contributed by atoms with Gasteiger partial charge in [-0.05, 0) is 24.3 Å². The molecule has 5 rings (SSSR count). The van der Waals surface area contributed by atoms with Gasteiger partial charge in [-0.3, -0.25) is 29.4 Å². The average molecular weight is 449 g/mol. The molecular formula is C21H15N5O5S. The first-order valence-corrected chi connectivity index (χ1v) is 10.8. The fourth-order valence-electron chi connectivity index (χ4n) is 3.74. The molecule has 0 spiro atoms. The number of anilines is 1. The molecule has 3 amide bonds. The number of thioether (sulfide) groups is 1. The van der Waals surface area contributed by atoms with E-state index in [9.17, 15) is 24.5 Å². The summed E-state index contributed by atoms with van der Waals surface area (Å²) in [6.07, 6.45) is 0. The number of hydrogen-bond donors (Lipinski definition) is 1. The lowest BCUT2D eigenvalue weighted by molar-refractivity contribution is -0.384. The summed E-state index contributed by atoms with van der Waals surface area (Å²) in [5.74, 6) is 0.195. The van der Waals surface area contributed by atoms with Crippen molar-refractivity contribution in [1.82, 2.24) is 14.7 Å². The largest absolute Gasteiger partial charge is 0.309 e. The Morgan fingerprint density at radius 3 is 2.34 bits per heavy atom. The van der Waals surface area contributed by atoms with Gasteiger partial charge >= 0.3 is 0 Å². The first-order valence-electron chi connectivity index (χ1n) is 9.62. The van der Waals surface area contributed by atoms with Gasteiger partial charge < -0.3 is 5.32 Å². The molecule has 3 heterocycles. The predicted molar refractivity (Wildman–Crippen MR) is 116 cm³/mol. The van der Waals surface area contributed by atoms with E-state index in [4.69, 9.17) is 0 Å². The zero-order chi connectivity index (χ0) is 22.4. The third kappa shape index (κ3) is 3.23. The van der Waals surface area contributed by atoms with Crippen LogP contribution in [-0.4, -0.2) is 43.9 Å². The number of amides is 3. The Morgan fingerprint density at radius 1 is 1.06 bits per heavy atom. The minimum absolute atomic E-state index is 0.0554. The number of aromatic nitrogens is 2. The van der Waals surface area contributed by atoms with Crippen molar-refractivity contribution in [3.8, 4) is 5.69 Å². The molecular weight excluding hydrogens is 434 g/mol. The molecule has 1 N–H and O–H groups in total. The van der Waals surface area contributed by atoms with E-state index in [1.807, 2.05) is 0 Å². The third-order valence-electron chi connectivity index (χ3n) is 5.29. The van der Waals surface area contributed by atoms with Crippen LogP contribution in [0, 0.1) is 10.1 Å². The van der Waals surface area contributed by atoms with E-state index in [0.717, 1.165) is 16.2 Å². The third-order valence-corrected chi connectivity index (χ3v) is 6.27. The standard InChI is InChI=1S/C21H15N5O5S/c27-18(9-24-20(28)14-3-1-2-4-15(14)21(24)29)22-19-16-10-32-11-17(16)23-25(19)12-5-7-13(8-6-12)26(30)31/h1-8H,9-11H2,(H,22,27). The minimum Gasteiger partial charge on any atom is -0.309 e. The van der Waals surface area contributed by atoms with Crippen LogP contribution in [0.15, 0.2) is 48.5 Å². The fourth-order valence-corrected chi connectivity index (χ4v) is 4.78. The molecule has 0 unspecified atom stereocenters. The molecule has 11 heteroatoms. The van der Waals surface area contributed by atoms with E-state index in [-0.39, 0.29) is 16.8 Å². The number of nitro benzene ring substituents is 1. The van der Waals surface area contributed by atoms with Crippen molar-refractivity contribution < 1.29 is 19.3 Å². The van der Waals surface area contributed by atoms with Crippen LogP contribution in [0.25, 0.3) is 5.69 Å². The smallest absolute Gasteiger partial charge is 0.269 e. The highest BCUT2D eigenvalue weighted by atomic mass is 32.2. The summed E-state index contributed by atoms with van der Waals surface area (Å²) >= 11 is 1.65. The minimum atomic E-state index is -0.540. The molecule has 160 valence electrons. The molecule has 1 aromatic heterocycles. The predicted octanol–water partition coefficient (Wildman–Crippen LogP) is 2.76. The highest BCUT2D eigenvalue weighted by Crippen LogP contribution is 2.36. The molecule has 32 heavy (non-hydrogen) atoms. The lowest BCUT2D eigenvalue weighted by Gasteiger charge is -2.15. The zero-order valence-corrected chi connectivity index (χ0v) is 17.3. The number of rotatable bonds is 5. The van der Waals surface area contributed by atoms with E-state index in [1.165, 1.54) is 16.8 Å². The van der Waals surface area contributed by atoms with Gasteiger partial charge in [0.15, 0.2) is 0 Å². The molecule has 2 aromatic carbocycles. The normalized spacial score (nSPS) is 14.4. The second kappa shape index (κ2) is 7.61. The molecule has 0 saturated carbocycles. The van der Waals surface area contributed by atoms with Crippen LogP contribution >= 0.6 is 11.8 Å². The van der Waals surface area contributed by atoms with Crippen molar-refractivity contribution in [2.24, 2.45) is 0 Å². The van der Waals surface area contributed by atoms with Gasteiger partial charge in [-0.15, -0.1) is 0 Å². The summed E-state index contributed by atoms with van der Waals surface area (Å²) in [6, 6.07) is 12.3. The number of hydrogen-bond acceptors (Lipinski definition) is 7. The van der Waals surface area contributed by atoms with Crippen molar-refractivity contribution in [3.63, 3.8) is 0 Å². The summed E-state index contributed by atoms with van der Waals surface area (Å²) in [5, 5.41) is 18.3. The van der Waals surface area contributed by atoms with Crippen molar-refractivity contribution in [3.05, 3.63) is 81.0 Å². The second-order valence-corrected chi connectivity index (χ2v) is 8.23. The Bertz CT molecular complexity index is 1270. The lowest BCUT2D eigenvalue weighted by Crippen LogP contribution is -2.37. The summed E-state index contributed by atoms with van der Waals surface area (Å²) in [5.41, 5.74) is 2.71. The molecule has 0 radical (unpaired) electrons. The molecule has 2 aliphatic heterocycles. The monoisotopic (exact) mass is 449 g/mol. The van der Waals surface area contributed by atoms with Crippen LogP contribution in [0.2, 0.25) is 0 Å². The topological polar surface area (TPSA) is 127 Å². The van der Waals surface area contributed by atoms with Gasteiger partial charge in [0, 0.05) is 29.2 Å². The molecule has 3 aromatic rings. The summed E-state index contributed by atoms with van der Waals surface area (Å²) in [6.45, 7) is -0.431. The van der Waals surface area contributed by atoms with E-state index < -0.39 is 29.2 Å². The van der Waals surface area contributed by atoms with Gasteiger partial charge in [-0.25, -0.2) is 4.68 Å². The van der Waals surface area contributed by atoms with Crippen LogP contribution < -0.4 is 5.32 Å². The highest BCUT2D eigenvalue weighted by molar-refractivity contribution is 7.98. The van der Waals surface area contributed by atoms with Crippen LogP contribution in [0.1, 0.15) is 32.0 Å². The van der Waals surface area contributed by atoms with Crippen molar-refractivity contribution in [1.29, 1.82) is 0 Å². The van der Waals surface area contributed by atoms with Crippen LogP contribution in [0.5, 0.6) is 0 Å². The van der Waals surface area contributed by atoms with Crippen molar-refractivity contribution >= 4 is 41.0 Å². The van der Waals surface area contributed by atoms with E-state index in [0.29, 0.717) is 23.0 Å². The van der Waals surface area contributed by atoms with Gasteiger partial charge in [0.2, 0.25) is 5.91 Å². The van der Waals surface area contributed by atoms with Crippen LogP contribution in [-0.2, 0) is 16.3 Å². The number of imide groups is 1. The number of benzene rings is 2. The second-order valence-electron chi connectivity index (χ2n) is 7.24. The summed E-state index contributed by atoms with van der Waals surface area (Å²) in [4.78, 5) is 49.3. The first-order chi connectivity index (χ1) is 15.4. The van der Waals surface area contributed by atoms with Gasteiger partial charge in [-0.1, -0.05) is 12.1 Å². The first kappa shape index (κ1) is 19.9. The lowest BCUT2D eigenvalue weighted by atomic mass is 10.1. The fraction of sp³-hybridized carbons (Fsp3) is 0.143. The van der Waals surface area contributed by atoms with Crippen LogP contribution in [0.3, 0.4) is 0 Å². The number of carbonyl (C=O) groups excluding carboxylic acids is 3. The number of nitrogens with zero attached hydrogens (tertiary/aromatic N) is 4. The van der Waals surface area contributed by atoms with Crippen LogP contribution in [0.4, 0.5) is 11.5 Å². The highest BCUT2D eigenvalue weighted by Gasteiger charge is 2.36. The van der Waals surface area contributed by atoms with E-state index in [1.54, 1.807) is 48.2 Å². The SMILES string of the molecule is O=C(CN1C(=O)c2ccccc2C1=O)Nc1c2c(nn1-c1ccc([N+](=O)[O-])cc1)CSC2. The van der Waals surface area contributed by atoms with Gasteiger partial charge in [-0.2, -0.15) is 16.9 Å². The molecule has 0 aliphatic carbocycles. The Morgan fingerprint density at radius 2 is 1.72 bits per heavy atom.